The van der Waals surface area contributed by atoms with E-state index >= 15 is 0 Å². The van der Waals surface area contributed by atoms with Crippen LogP contribution in [0.2, 0.25) is 5.02 Å². The molecule has 1 amide bonds. The Morgan fingerprint density at radius 3 is 1.97 bits per heavy atom. The second-order valence-corrected chi connectivity index (χ2v) is 9.91. The van der Waals surface area contributed by atoms with Gasteiger partial charge in [0.25, 0.3) is 0 Å². The van der Waals surface area contributed by atoms with Gasteiger partial charge in [-0.15, -0.1) is 0 Å². The van der Waals surface area contributed by atoms with Crippen LogP contribution in [0.25, 0.3) is 0 Å². The Morgan fingerprint density at radius 2 is 1.48 bits per heavy atom. The van der Waals surface area contributed by atoms with E-state index in [0.717, 1.165) is 42.6 Å². The molecule has 0 unspecified atom stereocenters. The molecule has 5 rings (SSSR count). The lowest BCUT2D eigenvalue weighted by Gasteiger charge is -2.60. The van der Waals surface area contributed by atoms with Gasteiger partial charge in [-0.05, 0) is 74.0 Å². The van der Waals surface area contributed by atoms with Crippen molar-refractivity contribution in [1.29, 1.82) is 0 Å². The standard InChI is InChI=1S/C23H33ClN2O3/c24-21-3-1-17(2-4-21)15-26(22(29)16-25(5-7-27)6-8-28)23-12-18-9-19(13-23)11-20(10-18)14-23/h1-4,18-20,27-28H,5-16H2. The zero-order chi connectivity index (χ0) is 20.4. The van der Waals surface area contributed by atoms with Crippen LogP contribution < -0.4 is 0 Å². The van der Waals surface area contributed by atoms with Crippen LogP contribution in [0.15, 0.2) is 24.3 Å². The lowest BCUT2D eigenvalue weighted by Crippen LogP contribution is -2.62. The summed E-state index contributed by atoms with van der Waals surface area (Å²) < 4.78 is 0. The lowest BCUT2D eigenvalue weighted by atomic mass is 9.52. The molecule has 5 nitrogen and oxygen atoms in total. The Hall–Kier alpha value is -1.14. The monoisotopic (exact) mass is 420 g/mol. The number of nitrogens with zero attached hydrogens (tertiary/aromatic N) is 2. The van der Waals surface area contributed by atoms with E-state index in [1.807, 2.05) is 29.2 Å². The maximum atomic E-state index is 13.6. The van der Waals surface area contributed by atoms with Crippen LogP contribution in [0.4, 0.5) is 0 Å². The molecule has 1 aromatic rings. The van der Waals surface area contributed by atoms with E-state index in [2.05, 4.69) is 4.90 Å². The molecule has 0 atom stereocenters. The fraction of sp³-hybridized carbons (Fsp3) is 0.696. The summed E-state index contributed by atoms with van der Waals surface area (Å²) in [5, 5.41) is 19.4. The molecule has 6 heteroatoms. The van der Waals surface area contributed by atoms with E-state index in [4.69, 9.17) is 11.6 Å². The minimum atomic E-state index is -0.0322. The van der Waals surface area contributed by atoms with Gasteiger partial charge < -0.3 is 15.1 Å². The highest BCUT2D eigenvalue weighted by molar-refractivity contribution is 6.30. The van der Waals surface area contributed by atoms with Crippen LogP contribution in [-0.4, -0.2) is 64.3 Å². The average molecular weight is 421 g/mol. The highest BCUT2D eigenvalue weighted by Crippen LogP contribution is 2.58. The first-order valence-corrected chi connectivity index (χ1v) is 11.4. The normalized spacial score (nSPS) is 30.1. The highest BCUT2D eigenvalue weighted by Gasteiger charge is 2.54. The first-order valence-electron chi connectivity index (χ1n) is 11.0. The molecule has 1 aromatic carbocycles. The summed E-state index contributed by atoms with van der Waals surface area (Å²) in [4.78, 5) is 17.6. The van der Waals surface area contributed by atoms with Crippen molar-refractivity contribution in [2.24, 2.45) is 17.8 Å². The number of halogens is 1. The quantitative estimate of drug-likeness (QED) is 0.644. The molecule has 4 bridgehead atoms. The summed E-state index contributed by atoms with van der Waals surface area (Å²) in [6.07, 6.45) is 7.38. The number of benzene rings is 1. The average Bonchev–Trinajstić information content (AvgIpc) is 2.66. The third-order valence-electron chi connectivity index (χ3n) is 7.32. The number of carbonyl (C=O) groups is 1. The van der Waals surface area contributed by atoms with Gasteiger partial charge in [0, 0.05) is 30.2 Å². The summed E-state index contributed by atoms with van der Waals surface area (Å²) in [6, 6.07) is 7.82. The number of amides is 1. The number of carbonyl (C=O) groups excluding carboxylic acids is 1. The molecule has 0 aliphatic heterocycles. The van der Waals surface area contributed by atoms with Crippen molar-refractivity contribution in [1.82, 2.24) is 9.80 Å². The smallest absolute Gasteiger partial charge is 0.237 e. The van der Waals surface area contributed by atoms with Gasteiger partial charge in [0.05, 0.1) is 19.8 Å². The largest absolute Gasteiger partial charge is 0.395 e. The molecule has 29 heavy (non-hydrogen) atoms. The number of hydrogen-bond donors (Lipinski definition) is 2. The molecular weight excluding hydrogens is 388 g/mol. The summed E-state index contributed by atoms with van der Waals surface area (Å²) >= 11 is 6.07. The van der Waals surface area contributed by atoms with Crippen LogP contribution in [0, 0.1) is 17.8 Å². The van der Waals surface area contributed by atoms with E-state index in [1.165, 1.54) is 19.3 Å². The predicted octanol–water partition coefficient (Wildman–Crippen LogP) is 2.92. The Kier molecular flexibility index (Phi) is 6.50. The minimum absolute atomic E-state index is 0.0121. The molecule has 2 N–H and O–H groups in total. The predicted molar refractivity (Wildman–Crippen MR) is 114 cm³/mol. The van der Waals surface area contributed by atoms with Crippen molar-refractivity contribution in [3.63, 3.8) is 0 Å². The van der Waals surface area contributed by atoms with E-state index in [9.17, 15) is 15.0 Å². The Morgan fingerprint density at radius 1 is 0.966 bits per heavy atom. The second-order valence-electron chi connectivity index (χ2n) is 9.47. The van der Waals surface area contributed by atoms with E-state index in [1.54, 1.807) is 0 Å². The molecule has 160 valence electrons. The molecular formula is C23H33ClN2O3. The highest BCUT2D eigenvalue weighted by atomic mass is 35.5. The molecule has 0 aromatic heterocycles. The van der Waals surface area contributed by atoms with Gasteiger partial charge in [0.1, 0.15) is 0 Å². The van der Waals surface area contributed by atoms with Crippen LogP contribution in [0.3, 0.4) is 0 Å². The zero-order valence-electron chi connectivity index (χ0n) is 17.1. The van der Waals surface area contributed by atoms with Crippen molar-refractivity contribution in [2.75, 3.05) is 32.8 Å². The number of hydrogen-bond acceptors (Lipinski definition) is 4. The maximum Gasteiger partial charge on any atom is 0.237 e. The second kappa shape index (κ2) is 8.93. The van der Waals surface area contributed by atoms with Gasteiger partial charge >= 0.3 is 0 Å². The minimum Gasteiger partial charge on any atom is -0.395 e. The first kappa shape index (κ1) is 21.1. The zero-order valence-corrected chi connectivity index (χ0v) is 17.9. The number of aliphatic hydroxyl groups is 2. The fourth-order valence-electron chi connectivity index (χ4n) is 6.52. The molecule has 4 aliphatic carbocycles. The number of rotatable bonds is 9. The molecule has 4 aliphatic rings. The van der Waals surface area contributed by atoms with Crippen molar-refractivity contribution in [3.8, 4) is 0 Å². The van der Waals surface area contributed by atoms with E-state index < -0.39 is 0 Å². The van der Waals surface area contributed by atoms with Gasteiger partial charge in [-0.3, -0.25) is 9.69 Å². The summed E-state index contributed by atoms with van der Waals surface area (Å²) in [6.45, 7) is 1.64. The molecule has 4 saturated carbocycles. The summed E-state index contributed by atoms with van der Waals surface area (Å²) in [5.41, 5.74) is 1.07. The van der Waals surface area contributed by atoms with Crippen LogP contribution in [0.1, 0.15) is 44.1 Å². The molecule has 0 saturated heterocycles. The van der Waals surface area contributed by atoms with Crippen LogP contribution >= 0.6 is 11.6 Å². The van der Waals surface area contributed by atoms with E-state index in [-0.39, 0.29) is 31.2 Å². The van der Waals surface area contributed by atoms with Crippen LogP contribution in [-0.2, 0) is 11.3 Å². The Balaban J connectivity index is 1.58. The fourth-order valence-corrected chi connectivity index (χ4v) is 6.64. The van der Waals surface area contributed by atoms with Gasteiger partial charge in [0.15, 0.2) is 0 Å². The van der Waals surface area contributed by atoms with Crippen molar-refractivity contribution in [3.05, 3.63) is 34.9 Å². The number of aliphatic hydroxyl groups excluding tert-OH is 2. The van der Waals surface area contributed by atoms with Gasteiger partial charge in [-0.2, -0.15) is 0 Å². The molecule has 0 heterocycles. The maximum absolute atomic E-state index is 13.6. The van der Waals surface area contributed by atoms with Crippen LogP contribution in [0.5, 0.6) is 0 Å². The Labute approximate surface area is 178 Å². The van der Waals surface area contributed by atoms with Crippen molar-refractivity contribution in [2.45, 2.75) is 50.6 Å². The third kappa shape index (κ3) is 4.63. The van der Waals surface area contributed by atoms with E-state index in [0.29, 0.717) is 24.7 Å². The molecule has 4 fully saturated rings. The SMILES string of the molecule is O=C(CN(CCO)CCO)N(Cc1ccc(Cl)cc1)C12CC3CC(CC(C3)C1)C2. The van der Waals surface area contributed by atoms with Crippen molar-refractivity contribution >= 4 is 17.5 Å². The summed E-state index contributed by atoms with van der Waals surface area (Å²) in [5.74, 6) is 2.39. The molecule has 0 spiro atoms. The first-order chi connectivity index (χ1) is 14.0. The van der Waals surface area contributed by atoms with Gasteiger partial charge in [-0.25, -0.2) is 0 Å². The molecule has 0 radical (unpaired) electrons. The summed E-state index contributed by atoms with van der Waals surface area (Å²) in [7, 11) is 0. The van der Waals surface area contributed by atoms with Gasteiger partial charge in [0.2, 0.25) is 5.91 Å². The Bertz CT molecular complexity index is 667. The lowest BCUT2D eigenvalue weighted by molar-refractivity contribution is -0.153. The topological polar surface area (TPSA) is 64.0 Å². The third-order valence-corrected chi connectivity index (χ3v) is 7.58. The van der Waals surface area contributed by atoms with Crippen molar-refractivity contribution < 1.29 is 15.0 Å². The van der Waals surface area contributed by atoms with Gasteiger partial charge in [-0.1, -0.05) is 23.7 Å².